The van der Waals surface area contributed by atoms with Crippen LogP contribution in [0.5, 0.6) is 5.75 Å². The van der Waals surface area contributed by atoms with Crippen molar-refractivity contribution in [3.05, 3.63) is 48.0 Å². The summed E-state index contributed by atoms with van der Waals surface area (Å²) >= 11 is 0. The van der Waals surface area contributed by atoms with Gasteiger partial charge in [-0.05, 0) is 42.5 Å². The molecule has 2 aromatic rings. The van der Waals surface area contributed by atoms with Crippen LogP contribution in [0.1, 0.15) is 17.5 Å². The smallest absolute Gasteiger partial charge is 0.119 e. The van der Waals surface area contributed by atoms with Gasteiger partial charge in [-0.15, -0.1) is 0 Å². The number of nitrogens with one attached hydrogen (secondary N) is 1. The molecule has 0 saturated carbocycles. The molecule has 1 aliphatic carbocycles. The zero-order chi connectivity index (χ0) is 13.1. The van der Waals surface area contributed by atoms with Crippen molar-refractivity contribution in [1.29, 1.82) is 0 Å². The van der Waals surface area contributed by atoms with Gasteiger partial charge < -0.3 is 10.1 Å². The van der Waals surface area contributed by atoms with Gasteiger partial charge in [0.15, 0.2) is 0 Å². The van der Waals surface area contributed by atoms with Crippen LogP contribution >= 0.6 is 0 Å². The highest BCUT2D eigenvalue weighted by atomic mass is 16.5. The van der Waals surface area contributed by atoms with Crippen LogP contribution in [0.2, 0.25) is 0 Å². The molecule has 98 valence electrons. The number of ether oxygens (including phenoxy) is 1. The van der Waals surface area contributed by atoms with Crippen molar-refractivity contribution in [2.45, 2.75) is 25.3 Å². The van der Waals surface area contributed by atoms with E-state index in [2.05, 4.69) is 27.4 Å². The third-order valence-corrected chi connectivity index (χ3v) is 3.57. The Hall–Kier alpha value is -2.10. The second-order valence-corrected chi connectivity index (χ2v) is 4.85. The maximum absolute atomic E-state index is 5.29. The van der Waals surface area contributed by atoms with Gasteiger partial charge in [-0.2, -0.15) is 0 Å². The zero-order valence-corrected chi connectivity index (χ0v) is 11.0. The standard InChI is InChI=1S/C15H17N3O/c1-19-15-5-3-11-2-4-13(6-12(11)7-15)18-14-8-16-10-17-9-14/h3,5,7-10,13,18H,2,4,6H2,1H3. The number of hydrogen-bond acceptors (Lipinski definition) is 4. The first kappa shape index (κ1) is 12.0. The molecule has 0 fully saturated rings. The van der Waals surface area contributed by atoms with Gasteiger partial charge in [0.25, 0.3) is 0 Å². The summed E-state index contributed by atoms with van der Waals surface area (Å²) in [6.07, 6.45) is 8.43. The normalized spacial score (nSPS) is 17.6. The third-order valence-electron chi connectivity index (χ3n) is 3.57. The van der Waals surface area contributed by atoms with E-state index in [1.54, 1.807) is 13.4 Å². The molecule has 0 spiro atoms. The van der Waals surface area contributed by atoms with Crippen LogP contribution in [0.15, 0.2) is 36.9 Å². The summed E-state index contributed by atoms with van der Waals surface area (Å²) in [6, 6.07) is 6.80. The number of methoxy groups -OCH3 is 1. The summed E-state index contributed by atoms with van der Waals surface area (Å²) in [5, 5.41) is 3.49. The second kappa shape index (κ2) is 5.26. The molecule has 3 rings (SSSR count). The van der Waals surface area contributed by atoms with Gasteiger partial charge in [0.2, 0.25) is 0 Å². The average molecular weight is 255 g/mol. The fraction of sp³-hybridized carbons (Fsp3) is 0.333. The summed E-state index contributed by atoms with van der Waals surface area (Å²) in [4.78, 5) is 8.06. The molecule has 19 heavy (non-hydrogen) atoms. The molecule has 1 N–H and O–H groups in total. The number of aryl methyl sites for hydroxylation is 1. The molecule has 0 aliphatic heterocycles. The van der Waals surface area contributed by atoms with E-state index >= 15 is 0 Å². The van der Waals surface area contributed by atoms with Gasteiger partial charge >= 0.3 is 0 Å². The van der Waals surface area contributed by atoms with E-state index in [4.69, 9.17) is 4.74 Å². The Kier molecular flexibility index (Phi) is 3.31. The molecule has 0 radical (unpaired) electrons. The maximum Gasteiger partial charge on any atom is 0.119 e. The Balaban J connectivity index is 1.74. The summed E-state index contributed by atoms with van der Waals surface area (Å²) < 4.78 is 5.29. The predicted molar refractivity (Wildman–Crippen MR) is 74.5 cm³/mol. The quantitative estimate of drug-likeness (QED) is 0.915. The van der Waals surface area contributed by atoms with E-state index < -0.39 is 0 Å². The summed E-state index contributed by atoms with van der Waals surface area (Å²) in [6.45, 7) is 0. The van der Waals surface area contributed by atoms with Crippen molar-refractivity contribution in [1.82, 2.24) is 9.97 Å². The number of nitrogens with zero attached hydrogens (tertiary/aromatic N) is 2. The van der Waals surface area contributed by atoms with Crippen LogP contribution in [0, 0.1) is 0 Å². The Bertz CT molecular complexity index is 557. The fourth-order valence-corrected chi connectivity index (χ4v) is 2.59. The first-order chi connectivity index (χ1) is 9.35. The van der Waals surface area contributed by atoms with Crippen LogP contribution in [-0.4, -0.2) is 23.1 Å². The van der Waals surface area contributed by atoms with Crippen molar-refractivity contribution in [3.8, 4) is 5.75 Å². The Morgan fingerprint density at radius 3 is 2.84 bits per heavy atom. The molecule has 1 aliphatic rings. The lowest BCUT2D eigenvalue weighted by Crippen LogP contribution is -2.27. The number of anilines is 1. The lowest BCUT2D eigenvalue weighted by atomic mass is 9.88. The van der Waals surface area contributed by atoms with Crippen LogP contribution < -0.4 is 10.1 Å². The largest absolute Gasteiger partial charge is 0.497 e. The maximum atomic E-state index is 5.29. The zero-order valence-electron chi connectivity index (χ0n) is 11.0. The van der Waals surface area contributed by atoms with Gasteiger partial charge in [0, 0.05) is 6.04 Å². The highest BCUT2D eigenvalue weighted by Gasteiger charge is 2.19. The van der Waals surface area contributed by atoms with E-state index in [9.17, 15) is 0 Å². The molecule has 1 unspecified atom stereocenters. The van der Waals surface area contributed by atoms with Gasteiger partial charge in [-0.1, -0.05) is 6.07 Å². The third kappa shape index (κ3) is 2.67. The predicted octanol–water partition coefficient (Wildman–Crippen LogP) is 2.45. The van der Waals surface area contributed by atoms with E-state index in [0.717, 1.165) is 30.7 Å². The number of fused-ring (bicyclic) bond motifs is 1. The summed E-state index contributed by atoms with van der Waals surface area (Å²) in [5.41, 5.74) is 3.79. The SMILES string of the molecule is COc1ccc2c(c1)CC(Nc1cncnc1)CC2. The molecule has 0 bridgehead atoms. The first-order valence-electron chi connectivity index (χ1n) is 6.52. The molecule has 0 saturated heterocycles. The van der Waals surface area contributed by atoms with Gasteiger partial charge in [-0.3, -0.25) is 0 Å². The first-order valence-corrected chi connectivity index (χ1v) is 6.52. The molecule has 4 heteroatoms. The molecular weight excluding hydrogens is 238 g/mol. The number of aromatic nitrogens is 2. The average Bonchev–Trinajstić information content (AvgIpc) is 2.47. The van der Waals surface area contributed by atoms with Crippen molar-refractivity contribution in [2.24, 2.45) is 0 Å². The minimum atomic E-state index is 0.436. The van der Waals surface area contributed by atoms with Crippen LogP contribution in [-0.2, 0) is 12.8 Å². The minimum absolute atomic E-state index is 0.436. The Morgan fingerprint density at radius 1 is 1.21 bits per heavy atom. The molecule has 1 aromatic carbocycles. The lowest BCUT2D eigenvalue weighted by Gasteiger charge is -2.26. The highest BCUT2D eigenvalue weighted by Crippen LogP contribution is 2.26. The minimum Gasteiger partial charge on any atom is -0.497 e. The Morgan fingerprint density at radius 2 is 2.05 bits per heavy atom. The molecule has 4 nitrogen and oxygen atoms in total. The van der Waals surface area contributed by atoms with Crippen molar-refractivity contribution in [3.63, 3.8) is 0 Å². The molecule has 1 heterocycles. The van der Waals surface area contributed by atoms with Crippen LogP contribution in [0.3, 0.4) is 0 Å². The topological polar surface area (TPSA) is 47.0 Å². The fourth-order valence-electron chi connectivity index (χ4n) is 2.59. The molecule has 1 aromatic heterocycles. The van der Waals surface area contributed by atoms with E-state index in [1.165, 1.54) is 11.1 Å². The van der Waals surface area contributed by atoms with Crippen LogP contribution in [0.25, 0.3) is 0 Å². The number of hydrogen-bond donors (Lipinski definition) is 1. The van der Waals surface area contributed by atoms with E-state index in [1.807, 2.05) is 18.5 Å². The molecule has 0 amide bonds. The summed E-state index contributed by atoms with van der Waals surface area (Å²) in [5.74, 6) is 0.933. The van der Waals surface area contributed by atoms with Crippen molar-refractivity contribution >= 4 is 5.69 Å². The second-order valence-electron chi connectivity index (χ2n) is 4.85. The van der Waals surface area contributed by atoms with Gasteiger partial charge in [0.05, 0.1) is 25.2 Å². The Labute approximate surface area is 112 Å². The van der Waals surface area contributed by atoms with Crippen molar-refractivity contribution < 1.29 is 4.74 Å². The van der Waals surface area contributed by atoms with E-state index in [0.29, 0.717) is 6.04 Å². The van der Waals surface area contributed by atoms with Crippen LogP contribution in [0.4, 0.5) is 5.69 Å². The monoisotopic (exact) mass is 255 g/mol. The highest BCUT2D eigenvalue weighted by molar-refractivity contribution is 5.42. The number of rotatable bonds is 3. The van der Waals surface area contributed by atoms with Gasteiger partial charge in [-0.25, -0.2) is 9.97 Å². The summed E-state index contributed by atoms with van der Waals surface area (Å²) in [7, 11) is 1.71. The molecule has 1 atom stereocenters. The van der Waals surface area contributed by atoms with Gasteiger partial charge in [0.1, 0.15) is 12.1 Å². The molecular formula is C15H17N3O. The van der Waals surface area contributed by atoms with Crippen molar-refractivity contribution in [2.75, 3.05) is 12.4 Å². The lowest BCUT2D eigenvalue weighted by molar-refractivity contribution is 0.413. The number of benzene rings is 1. The van der Waals surface area contributed by atoms with E-state index in [-0.39, 0.29) is 0 Å².